The Hall–Kier alpha value is -2.41. The number of carbonyl (C=O) groups is 1. The zero-order valence-corrected chi connectivity index (χ0v) is 13.4. The maximum Gasteiger partial charge on any atom is 0.273 e. The molecule has 1 aliphatic rings. The molecule has 3 rings (SSSR count). The van der Waals surface area contributed by atoms with Crippen LogP contribution in [0.5, 0.6) is 0 Å². The number of amides is 1. The first-order valence-corrected chi connectivity index (χ1v) is 7.98. The van der Waals surface area contributed by atoms with E-state index in [-0.39, 0.29) is 23.5 Å². The van der Waals surface area contributed by atoms with Crippen LogP contribution in [0.1, 0.15) is 41.9 Å². The van der Waals surface area contributed by atoms with Gasteiger partial charge in [-0.1, -0.05) is 5.16 Å². The van der Waals surface area contributed by atoms with Crippen molar-refractivity contribution >= 4 is 11.6 Å². The third-order valence-electron chi connectivity index (χ3n) is 4.28. The van der Waals surface area contributed by atoms with Gasteiger partial charge in [0.05, 0.1) is 12.1 Å². The number of aliphatic hydroxyl groups excluding tert-OH is 1. The summed E-state index contributed by atoms with van der Waals surface area (Å²) in [6.07, 6.45) is 2.40. The van der Waals surface area contributed by atoms with Crippen molar-refractivity contribution in [3.05, 3.63) is 47.6 Å². The summed E-state index contributed by atoms with van der Waals surface area (Å²) in [5, 5.41) is 16.1. The standard InChI is InChI=1S/C17H20FN3O3/c1-11(19-17(23)15-6-9-24-20-15)14-10-12(18)2-3-16(14)21-7-4-13(22)5-8-21/h2-3,6,9-11,13,22H,4-5,7-8H2,1H3,(H,19,23). The Morgan fingerprint density at radius 1 is 1.42 bits per heavy atom. The van der Waals surface area contributed by atoms with Gasteiger partial charge in [-0.25, -0.2) is 4.39 Å². The van der Waals surface area contributed by atoms with Gasteiger partial charge in [0.2, 0.25) is 0 Å². The Morgan fingerprint density at radius 3 is 2.83 bits per heavy atom. The Kier molecular flexibility index (Phi) is 4.80. The van der Waals surface area contributed by atoms with Gasteiger partial charge in [0.15, 0.2) is 5.69 Å². The molecular formula is C17H20FN3O3. The van der Waals surface area contributed by atoms with E-state index in [0.717, 1.165) is 5.69 Å². The molecule has 2 N–H and O–H groups in total. The van der Waals surface area contributed by atoms with Crippen molar-refractivity contribution in [1.82, 2.24) is 10.5 Å². The van der Waals surface area contributed by atoms with E-state index < -0.39 is 6.04 Å². The summed E-state index contributed by atoms with van der Waals surface area (Å²) in [5.41, 5.74) is 1.75. The molecule has 0 radical (unpaired) electrons. The number of anilines is 1. The highest BCUT2D eigenvalue weighted by Crippen LogP contribution is 2.29. The molecule has 128 valence electrons. The number of carbonyl (C=O) groups excluding carboxylic acids is 1. The molecule has 0 bridgehead atoms. The largest absolute Gasteiger partial charge is 0.393 e. The first kappa shape index (κ1) is 16.4. The van der Waals surface area contributed by atoms with Gasteiger partial charge in [-0.15, -0.1) is 0 Å². The molecule has 0 spiro atoms. The molecule has 1 aromatic heterocycles. The van der Waals surface area contributed by atoms with Gasteiger partial charge in [-0.3, -0.25) is 4.79 Å². The number of aromatic nitrogens is 1. The van der Waals surface area contributed by atoms with E-state index in [1.54, 1.807) is 13.0 Å². The Labute approximate surface area is 139 Å². The zero-order valence-electron chi connectivity index (χ0n) is 13.4. The molecule has 0 aliphatic carbocycles. The van der Waals surface area contributed by atoms with Gasteiger partial charge in [0.25, 0.3) is 5.91 Å². The number of rotatable bonds is 4. The minimum atomic E-state index is -0.397. The molecule has 6 nitrogen and oxygen atoms in total. The Bertz CT molecular complexity index is 697. The lowest BCUT2D eigenvalue weighted by molar-refractivity contribution is 0.0930. The van der Waals surface area contributed by atoms with E-state index >= 15 is 0 Å². The van der Waals surface area contributed by atoms with E-state index in [1.165, 1.54) is 24.5 Å². The lowest BCUT2D eigenvalue weighted by Gasteiger charge is -2.34. The van der Waals surface area contributed by atoms with E-state index in [9.17, 15) is 14.3 Å². The molecule has 1 fully saturated rings. The number of aliphatic hydroxyl groups is 1. The SMILES string of the molecule is CC(NC(=O)c1ccon1)c1cc(F)ccc1N1CCC(O)CC1. The second-order valence-corrected chi connectivity index (χ2v) is 6.00. The van der Waals surface area contributed by atoms with Crippen LogP contribution in [-0.4, -0.2) is 35.4 Å². The molecule has 24 heavy (non-hydrogen) atoms. The quantitative estimate of drug-likeness (QED) is 0.897. The Morgan fingerprint density at radius 2 is 2.17 bits per heavy atom. The third-order valence-corrected chi connectivity index (χ3v) is 4.28. The smallest absolute Gasteiger partial charge is 0.273 e. The lowest BCUT2D eigenvalue weighted by atomic mass is 10.0. The minimum absolute atomic E-state index is 0.181. The van der Waals surface area contributed by atoms with E-state index in [2.05, 4.69) is 19.9 Å². The number of halogens is 1. The second-order valence-electron chi connectivity index (χ2n) is 6.00. The van der Waals surface area contributed by atoms with Crippen LogP contribution in [0, 0.1) is 5.82 Å². The molecule has 2 heterocycles. The highest BCUT2D eigenvalue weighted by molar-refractivity contribution is 5.92. The van der Waals surface area contributed by atoms with Crippen LogP contribution in [0.3, 0.4) is 0 Å². The Balaban J connectivity index is 1.80. The van der Waals surface area contributed by atoms with Crippen molar-refractivity contribution in [2.24, 2.45) is 0 Å². The van der Waals surface area contributed by atoms with Gasteiger partial charge in [-0.2, -0.15) is 0 Å². The highest BCUT2D eigenvalue weighted by Gasteiger charge is 2.23. The highest BCUT2D eigenvalue weighted by atomic mass is 19.1. The minimum Gasteiger partial charge on any atom is -0.393 e. The summed E-state index contributed by atoms with van der Waals surface area (Å²) in [6, 6.07) is 5.65. The number of hydrogen-bond acceptors (Lipinski definition) is 5. The van der Waals surface area contributed by atoms with Crippen molar-refractivity contribution in [1.29, 1.82) is 0 Å². The summed E-state index contributed by atoms with van der Waals surface area (Å²) >= 11 is 0. The normalized spacial score (nSPS) is 16.9. The van der Waals surface area contributed by atoms with Gasteiger partial charge < -0.3 is 19.8 Å². The summed E-state index contributed by atoms with van der Waals surface area (Å²) in [4.78, 5) is 14.2. The summed E-state index contributed by atoms with van der Waals surface area (Å²) < 4.78 is 18.4. The maximum atomic E-state index is 13.7. The van der Waals surface area contributed by atoms with Crippen molar-refractivity contribution in [3.8, 4) is 0 Å². The molecule has 0 saturated carbocycles. The summed E-state index contributed by atoms with van der Waals surface area (Å²) in [7, 11) is 0. The molecule has 1 atom stereocenters. The van der Waals surface area contributed by atoms with E-state index in [4.69, 9.17) is 0 Å². The predicted octanol–water partition coefficient (Wildman–Crippen LogP) is 2.27. The summed E-state index contributed by atoms with van der Waals surface area (Å²) in [6.45, 7) is 3.20. The van der Waals surface area contributed by atoms with E-state index in [1.807, 2.05) is 0 Å². The number of nitrogens with zero attached hydrogens (tertiary/aromatic N) is 2. The monoisotopic (exact) mass is 333 g/mol. The average Bonchev–Trinajstić information content (AvgIpc) is 3.10. The third kappa shape index (κ3) is 3.56. The van der Waals surface area contributed by atoms with E-state index in [0.29, 0.717) is 31.5 Å². The topological polar surface area (TPSA) is 78.6 Å². The predicted molar refractivity (Wildman–Crippen MR) is 86.2 cm³/mol. The first-order valence-electron chi connectivity index (χ1n) is 7.98. The van der Waals surface area contributed by atoms with Crippen LogP contribution in [-0.2, 0) is 0 Å². The van der Waals surface area contributed by atoms with Crippen molar-refractivity contribution in [2.45, 2.75) is 31.9 Å². The molecule has 1 saturated heterocycles. The van der Waals surface area contributed by atoms with Crippen LogP contribution < -0.4 is 10.2 Å². The fraction of sp³-hybridized carbons (Fsp3) is 0.412. The average molecular weight is 333 g/mol. The van der Waals surface area contributed by atoms with Gasteiger partial charge >= 0.3 is 0 Å². The lowest BCUT2D eigenvalue weighted by Crippen LogP contribution is -2.37. The van der Waals surface area contributed by atoms with Crippen LogP contribution in [0.4, 0.5) is 10.1 Å². The van der Waals surface area contributed by atoms with Crippen LogP contribution in [0.15, 0.2) is 35.1 Å². The molecule has 1 aromatic carbocycles. The molecule has 7 heteroatoms. The molecule has 1 aliphatic heterocycles. The fourth-order valence-electron chi connectivity index (χ4n) is 2.94. The van der Waals surface area contributed by atoms with Gasteiger partial charge in [-0.05, 0) is 38.0 Å². The van der Waals surface area contributed by atoms with Crippen LogP contribution >= 0.6 is 0 Å². The number of piperidine rings is 1. The number of hydrogen-bond donors (Lipinski definition) is 2. The molecule has 2 aromatic rings. The molecule has 1 amide bonds. The van der Waals surface area contributed by atoms with Crippen molar-refractivity contribution in [2.75, 3.05) is 18.0 Å². The van der Waals surface area contributed by atoms with Gasteiger partial charge in [0, 0.05) is 30.4 Å². The molecular weight excluding hydrogens is 313 g/mol. The summed E-state index contributed by atoms with van der Waals surface area (Å²) in [5.74, 6) is -0.728. The zero-order chi connectivity index (χ0) is 17.1. The molecule has 1 unspecified atom stereocenters. The number of benzene rings is 1. The number of nitrogens with one attached hydrogen (secondary N) is 1. The van der Waals surface area contributed by atoms with Gasteiger partial charge in [0.1, 0.15) is 12.1 Å². The van der Waals surface area contributed by atoms with Crippen LogP contribution in [0.2, 0.25) is 0 Å². The fourth-order valence-corrected chi connectivity index (χ4v) is 2.94. The van der Waals surface area contributed by atoms with Crippen molar-refractivity contribution < 1.29 is 18.8 Å². The maximum absolute atomic E-state index is 13.7. The first-order chi connectivity index (χ1) is 11.5. The van der Waals surface area contributed by atoms with Crippen molar-refractivity contribution in [3.63, 3.8) is 0 Å². The second kappa shape index (κ2) is 7.00. The van der Waals surface area contributed by atoms with Crippen LogP contribution in [0.25, 0.3) is 0 Å².